The third-order valence-electron chi connectivity index (χ3n) is 3.35. The van der Waals surface area contributed by atoms with Crippen LogP contribution in [0, 0.1) is 6.92 Å². The molecule has 0 bridgehead atoms. The van der Waals surface area contributed by atoms with Crippen molar-refractivity contribution in [3.63, 3.8) is 0 Å². The molecule has 1 unspecified atom stereocenters. The summed E-state index contributed by atoms with van der Waals surface area (Å²) in [4.78, 5) is 0. The molecule has 0 saturated heterocycles. The van der Waals surface area contributed by atoms with Crippen LogP contribution >= 0.6 is 11.6 Å². The first-order valence-electron chi connectivity index (χ1n) is 7.01. The SMILES string of the molecule is CCCCCC(Cc1c(Cl)c(C)nn1C)NCC. The Balaban J connectivity index is 2.64. The molecule has 1 aromatic rings. The van der Waals surface area contributed by atoms with Gasteiger partial charge >= 0.3 is 0 Å². The lowest BCUT2D eigenvalue weighted by Gasteiger charge is -2.18. The Hall–Kier alpha value is -0.540. The lowest BCUT2D eigenvalue weighted by molar-refractivity contribution is 0.456. The molecular formula is C14H26ClN3. The molecule has 3 nitrogen and oxygen atoms in total. The van der Waals surface area contributed by atoms with Gasteiger partial charge in [0.25, 0.3) is 0 Å². The van der Waals surface area contributed by atoms with Crippen molar-refractivity contribution in [2.24, 2.45) is 7.05 Å². The van der Waals surface area contributed by atoms with Crippen LogP contribution in [0.1, 0.15) is 50.9 Å². The smallest absolute Gasteiger partial charge is 0.0847 e. The van der Waals surface area contributed by atoms with E-state index >= 15 is 0 Å². The van der Waals surface area contributed by atoms with Gasteiger partial charge in [-0.3, -0.25) is 4.68 Å². The summed E-state index contributed by atoms with van der Waals surface area (Å²) in [5.41, 5.74) is 2.08. The maximum absolute atomic E-state index is 6.31. The first-order valence-corrected chi connectivity index (χ1v) is 7.39. The van der Waals surface area contributed by atoms with Crippen LogP contribution in [0.3, 0.4) is 0 Å². The first kappa shape index (κ1) is 15.5. The Labute approximate surface area is 116 Å². The van der Waals surface area contributed by atoms with Gasteiger partial charge < -0.3 is 5.32 Å². The minimum absolute atomic E-state index is 0.508. The van der Waals surface area contributed by atoms with E-state index in [1.807, 2.05) is 18.7 Å². The minimum atomic E-state index is 0.508. The number of likely N-dealkylation sites (N-methyl/N-ethyl adjacent to an activating group) is 1. The predicted molar refractivity (Wildman–Crippen MR) is 78.3 cm³/mol. The molecule has 0 radical (unpaired) electrons. The molecule has 1 N–H and O–H groups in total. The fourth-order valence-electron chi connectivity index (χ4n) is 2.34. The van der Waals surface area contributed by atoms with E-state index in [1.165, 1.54) is 25.7 Å². The molecule has 0 aromatic carbocycles. The normalized spacial score (nSPS) is 12.9. The highest BCUT2D eigenvalue weighted by Gasteiger charge is 2.16. The Morgan fingerprint density at radius 2 is 2.06 bits per heavy atom. The second-order valence-corrected chi connectivity index (χ2v) is 5.30. The van der Waals surface area contributed by atoms with Crippen molar-refractivity contribution in [1.29, 1.82) is 0 Å². The van der Waals surface area contributed by atoms with E-state index in [0.29, 0.717) is 6.04 Å². The Morgan fingerprint density at radius 1 is 1.33 bits per heavy atom. The largest absolute Gasteiger partial charge is 0.314 e. The molecule has 0 fully saturated rings. The summed E-state index contributed by atoms with van der Waals surface area (Å²) in [5, 5.41) is 8.76. The molecule has 0 saturated carbocycles. The van der Waals surface area contributed by atoms with Crippen LogP contribution in [-0.2, 0) is 13.5 Å². The van der Waals surface area contributed by atoms with Crippen molar-refractivity contribution >= 4 is 11.6 Å². The summed E-state index contributed by atoms with van der Waals surface area (Å²) in [6, 6.07) is 0.508. The molecule has 0 amide bonds. The summed E-state index contributed by atoms with van der Waals surface area (Å²) in [6.45, 7) is 7.36. The summed E-state index contributed by atoms with van der Waals surface area (Å²) in [7, 11) is 1.98. The van der Waals surface area contributed by atoms with Crippen LogP contribution in [0.2, 0.25) is 5.02 Å². The zero-order valence-electron chi connectivity index (χ0n) is 12.1. The molecule has 1 atom stereocenters. The molecule has 0 spiro atoms. The molecule has 104 valence electrons. The number of aromatic nitrogens is 2. The summed E-state index contributed by atoms with van der Waals surface area (Å²) < 4.78 is 1.92. The zero-order chi connectivity index (χ0) is 13.5. The Bertz CT molecular complexity index is 360. The number of aryl methyl sites for hydroxylation is 2. The lowest BCUT2D eigenvalue weighted by atomic mass is 10.0. The second-order valence-electron chi connectivity index (χ2n) is 4.92. The number of hydrogen-bond donors (Lipinski definition) is 1. The van der Waals surface area contributed by atoms with E-state index in [2.05, 4.69) is 24.3 Å². The fourth-order valence-corrected chi connectivity index (χ4v) is 2.58. The first-order chi connectivity index (χ1) is 8.60. The summed E-state index contributed by atoms with van der Waals surface area (Å²) in [5.74, 6) is 0. The molecule has 1 heterocycles. The average molecular weight is 272 g/mol. The van der Waals surface area contributed by atoms with Gasteiger partial charge in [0, 0.05) is 19.5 Å². The lowest BCUT2D eigenvalue weighted by Crippen LogP contribution is -2.31. The molecule has 0 aliphatic carbocycles. The van der Waals surface area contributed by atoms with Gasteiger partial charge in [-0.2, -0.15) is 5.10 Å². The van der Waals surface area contributed by atoms with Gasteiger partial charge in [-0.1, -0.05) is 44.7 Å². The molecule has 0 aliphatic heterocycles. The molecule has 4 heteroatoms. The van der Waals surface area contributed by atoms with Crippen molar-refractivity contribution < 1.29 is 0 Å². The topological polar surface area (TPSA) is 29.9 Å². The van der Waals surface area contributed by atoms with Crippen LogP contribution in [0.5, 0.6) is 0 Å². The highest BCUT2D eigenvalue weighted by atomic mass is 35.5. The summed E-state index contributed by atoms with van der Waals surface area (Å²) >= 11 is 6.31. The minimum Gasteiger partial charge on any atom is -0.314 e. The van der Waals surface area contributed by atoms with Crippen LogP contribution < -0.4 is 5.32 Å². The van der Waals surface area contributed by atoms with Gasteiger partial charge in [0.05, 0.1) is 16.4 Å². The monoisotopic (exact) mass is 271 g/mol. The number of nitrogens with zero attached hydrogens (tertiary/aromatic N) is 2. The van der Waals surface area contributed by atoms with Gasteiger partial charge in [-0.05, 0) is 19.9 Å². The number of halogens is 1. The van der Waals surface area contributed by atoms with Crippen molar-refractivity contribution in [3.05, 3.63) is 16.4 Å². The zero-order valence-corrected chi connectivity index (χ0v) is 12.8. The number of rotatable bonds is 8. The van der Waals surface area contributed by atoms with E-state index < -0.39 is 0 Å². The highest BCUT2D eigenvalue weighted by molar-refractivity contribution is 6.31. The third-order valence-corrected chi connectivity index (χ3v) is 3.84. The molecular weight excluding hydrogens is 246 g/mol. The molecule has 0 aliphatic rings. The maximum atomic E-state index is 6.31. The van der Waals surface area contributed by atoms with Crippen molar-refractivity contribution in [2.75, 3.05) is 6.54 Å². The van der Waals surface area contributed by atoms with Crippen LogP contribution in [0.15, 0.2) is 0 Å². The van der Waals surface area contributed by atoms with Crippen LogP contribution in [-0.4, -0.2) is 22.4 Å². The number of unbranched alkanes of at least 4 members (excludes halogenated alkanes) is 2. The standard InChI is InChI=1S/C14H26ClN3/c1-5-7-8-9-12(16-6-2)10-13-14(15)11(3)17-18(13)4/h12,16H,5-10H2,1-4H3. The Morgan fingerprint density at radius 3 is 2.56 bits per heavy atom. The van der Waals surface area contributed by atoms with Gasteiger partial charge in [0.2, 0.25) is 0 Å². The highest BCUT2D eigenvalue weighted by Crippen LogP contribution is 2.21. The second kappa shape index (κ2) is 7.80. The van der Waals surface area contributed by atoms with E-state index in [0.717, 1.165) is 29.4 Å². The van der Waals surface area contributed by atoms with Crippen molar-refractivity contribution in [3.8, 4) is 0 Å². The van der Waals surface area contributed by atoms with Gasteiger partial charge in [-0.15, -0.1) is 0 Å². The van der Waals surface area contributed by atoms with Crippen molar-refractivity contribution in [2.45, 2.75) is 58.9 Å². The average Bonchev–Trinajstić information content (AvgIpc) is 2.56. The molecule has 18 heavy (non-hydrogen) atoms. The summed E-state index contributed by atoms with van der Waals surface area (Å²) in [6.07, 6.45) is 6.03. The van der Waals surface area contributed by atoms with Gasteiger partial charge in [0.15, 0.2) is 0 Å². The fraction of sp³-hybridized carbons (Fsp3) is 0.786. The van der Waals surface area contributed by atoms with Crippen LogP contribution in [0.4, 0.5) is 0 Å². The molecule has 1 rings (SSSR count). The van der Waals surface area contributed by atoms with E-state index in [1.54, 1.807) is 0 Å². The number of nitrogens with one attached hydrogen (secondary N) is 1. The van der Waals surface area contributed by atoms with E-state index in [9.17, 15) is 0 Å². The number of hydrogen-bond acceptors (Lipinski definition) is 2. The molecule has 1 aromatic heterocycles. The quantitative estimate of drug-likeness (QED) is 0.734. The Kier molecular flexibility index (Phi) is 6.72. The van der Waals surface area contributed by atoms with E-state index in [-0.39, 0.29) is 0 Å². The van der Waals surface area contributed by atoms with Crippen molar-refractivity contribution in [1.82, 2.24) is 15.1 Å². The third kappa shape index (κ3) is 4.29. The van der Waals surface area contributed by atoms with Crippen LogP contribution in [0.25, 0.3) is 0 Å². The van der Waals surface area contributed by atoms with Gasteiger partial charge in [-0.25, -0.2) is 0 Å². The van der Waals surface area contributed by atoms with E-state index in [4.69, 9.17) is 11.6 Å². The predicted octanol–water partition coefficient (Wildman–Crippen LogP) is 3.48. The maximum Gasteiger partial charge on any atom is 0.0847 e. The van der Waals surface area contributed by atoms with Gasteiger partial charge in [0.1, 0.15) is 0 Å².